The van der Waals surface area contributed by atoms with Crippen molar-refractivity contribution in [1.29, 1.82) is 0 Å². The van der Waals surface area contributed by atoms with Crippen molar-refractivity contribution in [3.63, 3.8) is 0 Å². The first-order chi connectivity index (χ1) is 8.51. The first kappa shape index (κ1) is 13.7. The largest absolute Gasteiger partial charge is 0.372 e. The molecule has 0 amide bonds. The Kier molecular flexibility index (Phi) is 4.22. The number of rotatable bonds is 2. The first-order valence-electron chi connectivity index (χ1n) is 5.95. The predicted molar refractivity (Wildman–Crippen MR) is 71.2 cm³/mol. The van der Waals surface area contributed by atoms with E-state index in [1.807, 2.05) is 13.8 Å². The van der Waals surface area contributed by atoms with Crippen LogP contribution in [0.25, 0.3) is 0 Å². The van der Waals surface area contributed by atoms with E-state index in [0.717, 1.165) is 0 Å². The van der Waals surface area contributed by atoms with Crippen molar-refractivity contribution < 1.29 is 13.5 Å². The molecular formula is C13H16BrF2NO. The fraction of sp³-hybridized carbons (Fsp3) is 0.538. The summed E-state index contributed by atoms with van der Waals surface area (Å²) in [4.78, 5) is 1.72. The number of hydrogen-bond donors (Lipinski definition) is 0. The third kappa shape index (κ3) is 2.83. The molecule has 18 heavy (non-hydrogen) atoms. The zero-order valence-corrected chi connectivity index (χ0v) is 12.0. The van der Waals surface area contributed by atoms with Gasteiger partial charge in [-0.05, 0) is 31.5 Å². The molecule has 1 aromatic carbocycles. The van der Waals surface area contributed by atoms with E-state index in [1.54, 1.807) is 4.90 Å². The highest BCUT2D eigenvalue weighted by atomic mass is 79.9. The molecular weight excluding hydrogens is 304 g/mol. The molecule has 1 saturated heterocycles. The number of morpholine rings is 1. The van der Waals surface area contributed by atoms with E-state index in [2.05, 4.69) is 15.9 Å². The number of benzene rings is 1. The molecule has 2 nitrogen and oxygen atoms in total. The van der Waals surface area contributed by atoms with Crippen LogP contribution in [0.15, 0.2) is 12.1 Å². The highest BCUT2D eigenvalue weighted by molar-refractivity contribution is 9.08. The van der Waals surface area contributed by atoms with Crippen LogP contribution in [-0.4, -0.2) is 25.3 Å². The van der Waals surface area contributed by atoms with E-state index >= 15 is 0 Å². The Morgan fingerprint density at radius 3 is 2.17 bits per heavy atom. The molecule has 5 heteroatoms. The summed E-state index contributed by atoms with van der Waals surface area (Å²) in [6.45, 7) is 4.83. The van der Waals surface area contributed by atoms with E-state index in [1.165, 1.54) is 12.1 Å². The number of anilines is 1. The van der Waals surface area contributed by atoms with Crippen molar-refractivity contribution in [2.24, 2.45) is 0 Å². The van der Waals surface area contributed by atoms with Crippen LogP contribution in [0.4, 0.5) is 14.5 Å². The summed E-state index contributed by atoms with van der Waals surface area (Å²) in [7, 11) is 0. The summed E-state index contributed by atoms with van der Waals surface area (Å²) in [5.41, 5.74) is 0.657. The van der Waals surface area contributed by atoms with Gasteiger partial charge in [-0.15, -0.1) is 0 Å². The minimum atomic E-state index is -0.509. The molecule has 1 aliphatic heterocycles. The normalized spacial score (nSPS) is 24.4. The van der Waals surface area contributed by atoms with E-state index in [4.69, 9.17) is 4.74 Å². The fourth-order valence-corrected chi connectivity index (χ4v) is 2.68. The summed E-state index contributed by atoms with van der Waals surface area (Å²) in [5.74, 6) is -1.02. The zero-order chi connectivity index (χ0) is 13.3. The molecule has 1 fully saturated rings. The van der Waals surface area contributed by atoms with Crippen LogP contribution in [0.2, 0.25) is 0 Å². The van der Waals surface area contributed by atoms with Gasteiger partial charge in [0.05, 0.1) is 12.2 Å². The number of halogens is 3. The Labute approximate surface area is 114 Å². The standard InChI is InChI=1S/C13H16BrF2NO/c1-8-6-17(7-9(2)18-8)13-11(15)3-10(5-14)4-12(13)16/h3-4,8-9H,5-7H2,1-2H3. The van der Waals surface area contributed by atoms with Crippen LogP contribution in [0.1, 0.15) is 19.4 Å². The van der Waals surface area contributed by atoms with Crippen molar-refractivity contribution in [3.05, 3.63) is 29.3 Å². The molecule has 2 atom stereocenters. The molecule has 0 radical (unpaired) electrons. The molecule has 2 unspecified atom stereocenters. The minimum absolute atomic E-state index is 0.0246. The van der Waals surface area contributed by atoms with E-state index in [0.29, 0.717) is 24.0 Å². The molecule has 0 bridgehead atoms. The second-order valence-electron chi connectivity index (χ2n) is 4.70. The summed E-state index contributed by atoms with van der Waals surface area (Å²) in [6.07, 6.45) is -0.0493. The lowest BCUT2D eigenvalue weighted by Crippen LogP contribution is -2.46. The smallest absolute Gasteiger partial charge is 0.149 e. The number of hydrogen-bond acceptors (Lipinski definition) is 2. The summed E-state index contributed by atoms with van der Waals surface area (Å²) in [6, 6.07) is 2.75. The van der Waals surface area contributed by atoms with Gasteiger partial charge >= 0.3 is 0 Å². The molecule has 1 aliphatic rings. The lowest BCUT2D eigenvalue weighted by Gasteiger charge is -2.37. The van der Waals surface area contributed by atoms with Crippen molar-refractivity contribution in [1.82, 2.24) is 0 Å². The molecule has 1 heterocycles. The SMILES string of the molecule is CC1CN(c2c(F)cc(CBr)cc2F)CC(C)O1. The van der Waals surface area contributed by atoms with Crippen LogP contribution in [-0.2, 0) is 10.1 Å². The van der Waals surface area contributed by atoms with Gasteiger partial charge in [-0.1, -0.05) is 15.9 Å². The van der Waals surface area contributed by atoms with Gasteiger partial charge in [-0.25, -0.2) is 8.78 Å². The van der Waals surface area contributed by atoms with Gasteiger partial charge in [0, 0.05) is 18.4 Å². The summed E-state index contributed by atoms with van der Waals surface area (Å²) in [5, 5.41) is 0.442. The molecule has 100 valence electrons. The van der Waals surface area contributed by atoms with Gasteiger partial charge < -0.3 is 9.64 Å². The Morgan fingerprint density at radius 1 is 1.22 bits per heavy atom. The molecule has 2 rings (SSSR count). The van der Waals surface area contributed by atoms with Gasteiger partial charge in [0.25, 0.3) is 0 Å². The Morgan fingerprint density at radius 2 is 1.72 bits per heavy atom. The maximum Gasteiger partial charge on any atom is 0.149 e. The number of nitrogens with zero attached hydrogens (tertiary/aromatic N) is 1. The molecule has 0 saturated carbocycles. The summed E-state index contributed by atoms with van der Waals surface area (Å²) < 4.78 is 33.6. The van der Waals surface area contributed by atoms with E-state index in [-0.39, 0.29) is 17.9 Å². The van der Waals surface area contributed by atoms with E-state index < -0.39 is 11.6 Å². The lowest BCUT2D eigenvalue weighted by atomic mass is 10.1. The predicted octanol–water partition coefficient (Wildman–Crippen LogP) is 3.47. The van der Waals surface area contributed by atoms with Crippen molar-refractivity contribution >= 4 is 21.6 Å². The average molecular weight is 320 g/mol. The molecule has 0 N–H and O–H groups in total. The van der Waals surface area contributed by atoms with Crippen LogP contribution in [0.5, 0.6) is 0 Å². The highest BCUT2D eigenvalue weighted by Gasteiger charge is 2.26. The van der Waals surface area contributed by atoms with E-state index in [9.17, 15) is 8.78 Å². The topological polar surface area (TPSA) is 12.5 Å². The minimum Gasteiger partial charge on any atom is -0.372 e. The van der Waals surface area contributed by atoms with Gasteiger partial charge in [0.2, 0.25) is 0 Å². The molecule has 0 aromatic heterocycles. The average Bonchev–Trinajstić information content (AvgIpc) is 2.26. The zero-order valence-electron chi connectivity index (χ0n) is 10.4. The lowest BCUT2D eigenvalue weighted by molar-refractivity contribution is -0.00558. The first-order valence-corrected chi connectivity index (χ1v) is 7.07. The number of ether oxygens (including phenoxy) is 1. The maximum absolute atomic E-state index is 14.0. The van der Waals surface area contributed by atoms with Crippen molar-refractivity contribution in [2.45, 2.75) is 31.4 Å². The molecule has 1 aromatic rings. The fourth-order valence-electron chi connectivity index (χ4n) is 2.36. The Bertz CT molecular complexity index is 408. The van der Waals surface area contributed by atoms with Crippen LogP contribution >= 0.6 is 15.9 Å². The van der Waals surface area contributed by atoms with Gasteiger partial charge in [0.15, 0.2) is 0 Å². The Balaban J connectivity index is 2.32. The Hall–Kier alpha value is -0.680. The highest BCUT2D eigenvalue weighted by Crippen LogP contribution is 2.28. The monoisotopic (exact) mass is 319 g/mol. The maximum atomic E-state index is 14.0. The van der Waals surface area contributed by atoms with Gasteiger partial charge in [-0.3, -0.25) is 0 Å². The van der Waals surface area contributed by atoms with Gasteiger partial charge in [-0.2, -0.15) is 0 Å². The number of alkyl halides is 1. The van der Waals surface area contributed by atoms with Crippen LogP contribution < -0.4 is 4.90 Å². The second kappa shape index (κ2) is 5.53. The molecule has 0 spiro atoms. The third-order valence-corrected chi connectivity index (χ3v) is 3.61. The third-order valence-electron chi connectivity index (χ3n) is 2.97. The van der Waals surface area contributed by atoms with Crippen molar-refractivity contribution in [2.75, 3.05) is 18.0 Å². The quantitative estimate of drug-likeness (QED) is 0.774. The van der Waals surface area contributed by atoms with Crippen molar-refractivity contribution in [3.8, 4) is 0 Å². The van der Waals surface area contributed by atoms with Crippen LogP contribution in [0, 0.1) is 11.6 Å². The molecule has 0 aliphatic carbocycles. The van der Waals surface area contributed by atoms with Crippen LogP contribution in [0.3, 0.4) is 0 Å². The van der Waals surface area contributed by atoms with Gasteiger partial charge in [0.1, 0.15) is 17.3 Å². The second-order valence-corrected chi connectivity index (χ2v) is 5.26. The summed E-state index contributed by atoms with van der Waals surface area (Å²) >= 11 is 3.20.